The van der Waals surface area contributed by atoms with Crippen LogP contribution >= 0.6 is 11.8 Å². The van der Waals surface area contributed by atoms with Crippen LogP contribution in [0.4, 0.5) is 0 Å². The SMILES string of the molecule is CC(CSc1cccc(CN)c1)C(N)=O. The normalized spacial score (nSPS) is 12.4. The second-order valence-corrected chi connectivity index (χ2v) is 4.56. The summed E-state index contributed by atoms with van der Waals surface area (Å²) in [5.74, 6) is 0.359. The molecule has 0 radical (unpaired) electrons. The van der Waals surface area contributed by atoms with Crippen LogP contribution in [0.1, 0.15) is 12.5 Å². The van der Waals surface area contributed by atoms with E-state index in [9.17, 15) is 4.79 Å². The fourth-order valence-electron chi connectivity index (χ4n) is 1.07. The highest BCUT2D eigenvalue weighted by molar-refractivity contribution is 7.99. The summed E-state index contributed by atoms with van der Waals surface area (Å²) in [6, 6.07) is 8.01. The highest BCUT2D eigenvalue weighted by Crippen LogP contribution is 2.21. The van der Waals surface area contributed by atoms with Crippen molar-refractivity contribution >= 4 is 17.7 Å². The van der Waals surface area contributed by atoms with Gasteiger partial charge in [0, 0.05) is 23.1 Å². The summed E-state index contributed by atoms with van der Waals surface area (Å²) in [5, 5.41) is 0. The quantitative estimate of drug-likeness (QED) is 0.742. The Morgan fingerprint density at radius 3 is 2.87 bits per heavy atom. The third kappa shape index (κ3) is 3.93. The first-order valence-electron chi connectivity index (χ1n) is 4.84. The zero-order valence-corrected chi connectivity index (χ0v) is 9.59. The van der Waals surface area contributed by atoms with Crippen LogP contribution in [0.25, 0.3) is 0 Å². The molecule has 1 atom stereocenters. The number of amides is 1. The molecule has 0 aliphatic rings. The molecule has 3 nitrogen and oxygen atoms in total. The fraction of sp³-hybridized carbons (Fsp3) is 0.364. The second kappa shape index (κ2) is 5.78. The summed E-state index contributed by atoms with van der Waals surface area (Å²) in [5.41, 5.74) is 11.8. The lowest BCUT2D eigenvalue weighted by Crippen LogP contribution is -2.22. The Balaban J connectivity index is 2.53. The number of rotatable bonds is 5. The van der Waals surface area contributed by atoms with Crippen LogP contribution in [0, 0.1) is 5.92 Å². The first-order valence-corrected chi connectivity index (χ1v) is 5.83. The molecule has 0 spiro atoms. The number of thioether (sulfide) groups is 1. The van der Waals surface area contributed by atoms with Crippen molar-refractivity contribution in [3.05, 3.63) is 29.8 Å². The van der Waals surface area contributed by atoms with Gasteiger partial charge in [-0.15, -0.1) is 11.8 Å². The maximum atomic E-state index is 10.8. The Morgan fingerprint density at radius 1 is 1.53 bits per heavy atom. The van der Waals surface area contributed by atoms with Crippen LogP contribution < -0.4 is 11.5 Å². The Hall–Kier alpha value is -1.00. The number of hydrogen-bond acceptors (Lipinski definition) is 3. The molecule has 0 fully saturated rings. The lowest BCUT2D eigenvalue weighted by atomic mass is 10.2. The van der Waals surface area contributed by atoms with Crippen LogP contribution in [-0.2, 0) is 11.3 Å². The van der Waals surface area contributed by atoms with Gasteiger partial charge in [-0.2, -0.15) is 0 Å². The van der Waals surface area contributed by atoms with Crippen LogP contribution in [0.3, 0.4) is 0 Å². The van der Waals surface area contributed by atoms with E-state index >= 15 is 0 Å². The summed E-state index contributed by atoms with van der Waals surface area (Å²) >= 11 is 1.63. The standard InChI is InChI=1S/C11H16N2OS/c1-8(11(13)14)7-15-10-4-2-3-9(5-10)6-12/h2-5,8H,6-7,12H2,1H3,(H2,13,14). The van der Waals surface area contributed by atoms with Gasteiger partial charge in [0.25, 0.3) is 0 Å². The summed E-state index contributed by atoms with van der Waals surface area (Å²) in [7, 11) is 0. The van der Waals surface area contributed by atoms with Gasteiger partial charge in [-0.25, -0.2) is 0 Å². The van der Waals surface area contributed by atoms with Gasteiger partial charge in [-0.05, 0) is 17.7 Å². The van der Waals surface area contributed by atoms with Gasteiger partial charge in [0.1, 0.15) is 0 Å². The van der Waals surface area contributed by atoms with Gasteiger partial charge in [0.2, 0.25) is 5.91 Å². The Morgan fingerprint density at radius 2 is 2.27 bits per heavy atom. The Labute approximate surface area is 94.2 Å². The number of carbonyl (C=O) groups is 1. The topological polar surface area (TPSA) is 69.1 Å². The molecule has 1 rings (SSSR count). The number of carbonyl (C=O) groups excluding carboxylic acids is 1. The van der Waals surface area contributed by atoms with Gasteiger partial charge in [0.05, 0.1) is 0 Å². The summed E-state index contributed by atoms with van der Waals surface area (Å²) < 4.78 is 0. The van der Waals surface area contributed by atoms with Crippen molar-refractivity contribution in [3.8, 4) is 0 Å². The molecule has 1 aromatic carbocycles. The molecule has 4 heteroatoms. The number of primary amides is 1. The third-order valence-electron chi connectivity index (χ3n) is 2.12. The van der Waals surface area contributed by atoms with Gasteiger partial charge < -0.3 is 11.5 Å². The van der Waals surface area contributed by atoms with Crippen molar-refractivity contribution in [1.29, 1.82) is 0 Å². The Bertz CT molecular complexity index is 341. The molecule has 0 aliphatic heterocycles. The third-order valence-corrected chi connectivity index (χ3v) is 3.37. The van der Waals surface area contributed by atoms with Crippen molar-refractivity contribution in [3.63, 3.8) is 0 Å². The zero-order chi connectivity index (χ0) is 11.3. The molecule has 1 unspecified atom stereocenters. The van der Waals surface area contributed by atoms with Crippen molar-refractivity contribution in [2.75, 3.05) is 5.75 Å². The highest BCUT2D eigenvalue weighted by Gasteiger charge is 2.08. The minimum absolute atomic E-state index is 0.100. The lowest BCUT2D eigenvalue weighted by Gasteiger charge is -2.07. The van der Waals surface area contributed by atoms with Crippen molar-refractivity contribution in [2.24, 2.45) is 17.4 Å². The lowest BCUT2D eigenvalue weighted by molar-refractivity contribution is -0.120. The van der Waals surface area contributed by atoms with Crippen LogP contribution in [0.2, 0.25) is 0 Å². The molecule has 0 heterocycles. The number of nitrogens with two attached hydrogens (primary N) is 2. The molecule has 1 amide bonds. The highest BCUT2D eigenvalue weighted by atomic mass is 32.2. The average molecular weight is 224 g/mol. The van der Waals surface area contributed by atoms with E-state index in [0.29, 0.717) is 12.3 Å². The molecule has 0 aromatic heterocycles. The van der Waals surface area contributed by atoms with E-state index in [2.05, 4.69) is 0 Å². The fourth-order valence-corrected chi connectivity index (χ4v) is 2.08. The zero-order valence-electron chi connectivity index (χ0n) is 8.77. The Kier molecular flexibility index (Phi) is 4.65. The van der Waals surface area contributed by atoms with Crippen molar-refractivity contribution in [1.82, 2.24) is 0 Å². The molecule has 0 aliphatic carbocycles. The van der Waals surface area contributed by atoms with E-state index in [4.69, 9.17) is 11.5 Å². The smallest absolute Gasteiger partial charge is 0.221 e. The largest absolute Gasteiger partial charge is 0.369 e. The van der Waals surface area contributed by atoms with Crippen LogP contribution in [0.15, 0.2) is 29.2 Å². The first-order chi connectivity index (χ1) is 7.13. The molecule has 1 aromatic rings. The summed E-state index contributed by atoms with van der Waals surface area (Å²) in [4.78, 5) is 12.0. The van der Waals surface area contributed by atoms with Gasteiger partial charge in [0.15, 0.2) is 0 Å². The molecule has 15 heavy (non-hydrogen) atoms. The van der Waals surface area contributed by atoms with Gasteiger partial charge >= 0.3 is 0 Å². The van der Waals surface area contributed by atoms with E-state index in [1.54, 1.807) is 11.8 Å². The van der Waals surface area contributed by atoms with Crippen molar-refractivity contribution in [2.45, 2.75) is 18.4 Å². The molecule has 82 valence electrons. The monoisotopic (exact) mass is 224 g/mol. The minimum atomic E-state index is -0.252. The number of benzene rings is 1. The van der Waals surface area contributed by atoms with Crippen LogP contribution in [-0.4, -0.2) is 11.7 Å². The van der Waals surface area contributed by atoms with Gasteiger partial charge in [-0.3, -0.25) is 4.79 Å². The van der Waals surface area contributed by atoms with E-state index in [1.165, 1.54) is 0 Å². The summed E-state index contributed by atoms with van der Waals surface area (Å²) in [6.45, 7) is 2.38. The summed E-state index contributed by atoms with van der Waals surface area (Å²) in [6.07, 6.45) is 0. The van der Waals surface area contributed by atoms with E-state index in [1.807, 2.05) is 31.2 Å². The molecule has 4 N–H and O–H groups in total. The van der Waals surface area contributed by atoms with Crippen LogP contribution in [0.5, 0.6) is 0 Å². The molecular weight excluding hydrogens is 208 g/mol. The molecule has 0 saturated carbocycles. The molecule has 0 saturated heterocycles. The minimum Gasteiger partial charge on any atom is -0.369 e. The van der Waals surface area contributed by atoms with E-state index < -0.39 is 0 Å². The van der Waals surface area contributed by atoms with Gasteiger partial charge in [-0.1, -0.05) is 19.1 Å². The first kappa shape index (κ1) is 12.1. The van der Waals surface area contributed by atoms with Crippen molar-refractivity contribution < 1.29 is 4.79 Å². The van der Waals surface area contributed by atoms with E-state index in [0.717, 1.165) is 10.5 Å². The van der Waals surface area contributed by atoms with E-state index in [-0.39, 0.29) is 11.8 Å². The second-order valence-electron chi connectivity index (χ2n) is 3.47. The maximum Gasteiger partial charge on any atom is 0.221 e. The molecule has 0 bridgehead atoms. The predicted octanol–water partition coefficient (Wildman–Crippen LogP) is 1.36. The average Bonchev–Trinajstić information content (AvgIpc) is 2.26. The molecular formula is C11H16N2OS. The maximum absolute atomic E-state index is 10.8. The predicted molar refractivity (Wildman–Crippen MR) is 63.4 cm³/mol. The number of hydrogen-bond donors (Lipinski definition) is 2.